The third-order valence-corrected chi connectivity index (χ3v) is 4.34. The molecule has 2 rings (SSSR count). The molecule has 2 aromatic rings. The summed E-state index contributed by atoms with van der Waals surface area (Å²) in [5.74, 6) is -15.4. The van der Waals surface area contributed by atoms with Gasteiger partial charge in [-0.15, -0.1) is 0 Å². The predicted octanol–water partition coefficient (Wildman–Crippen LogP) is 4.69. The van der Waals surface area contributed by atoms with Crippen LogP contribution in [0.4, 0.5) is 46.5 Å². The fourth-order valence-electron chi connectivity index (χ4n) is 1.49. The summed E-state index contributed by atoms with van der Waals surface area (Å²) in [5, 5.41) is 0. The molecule has 0 fully saturated rings. The van der Waals surface area contributed by atoms with Crippen LogP contribution in [0.15, 0.2) is 9.79 Å². The second kappa shape index (κ2) is 7.17. The monoisotopic (exact) mass is 408 g/mol. The van der Waals surface area contributed by atoms with Crippen LogP contribution in [-0.4, -0.2) is 0 Å². The Bertz CT molecular complexity index is 736. The molecule has 0 aliphatic rings. The maximum atomic E-state index is 13.5. The quantitative estimate of drug-likeness (QED) is 0.333. The van der Waals surface area contributed by atoms with Crippen LogP contribution in [0.2, 0.25) is 0 Å². The fourth-order valence-corrected chi connectivity index (χ4v) is 2.82. The Kier molecular flexibility index (Phi) is 5.58. The largest absolute Gasteiger partial charge is 0.394 e. The van der Waals surface area contributed by atoms with E-state index in [1.165, 1.54) is 0 Å². The minimum Gasteiger partial charge on any atom is -0.394 e. The number of benzene rings is 2. The maximum Gasteiger partial charge on any atom is 0.186 e. The number of rotatable bonds is 4. The zero-order valence-electron chi connectivity index (χ0n) is 11.4. The lowest BCUT2D eigenvalue weighted by Crippen LogP contribution is -2.05. The summed E-state index contributed by atoms with van der Waals surface area (Å²) in [5.41, 5.74) is 6.71. The summed E-state index contributed by atoms with van der Waals surface area (Å²) in [6, 6.07) is 0. The minimum atomic E-state index is -1.93. The van der Waals surface area contributed by atoms with Crippen molar-refractivity contribution in [2.24, 2.45) is 0 Å². The zero-order valence-corrected chi connectivity index (χ0v) is 13.0. The van der Waals surface area contributed by atoms with E-state index in [1.54, 1.807) is 0 Å². The van der Waals surface area contributed by atoms with Crippen molar-refractivity contribution in [3.8, 4) is 0 Å². The molecule has 0 spiro atoms. The van der Waals surface area contributed by atoms with Crippen LogP contribution in [0.5, 0.6) is 0 Å². The zero-order chi connectivity index (χ0) is 19.0. The highest BCUT2D eigenvalue weighted by molar-refractivity contribution is 8.08. The third-order valence-electron chi connectivity index (χ3n) is 2.75. The Morgan fingerprint density at radius 3 is 0.960 bits per heavy atom. The molecule has 3 nitrogen and oxygen atoms in total. The molecule has 4 N–H and O–H groups in total. The van der Waals surface area contributed by atoms with Crippen molar-refractivity contribution in [3.05, 3.63) is 46.5 Å². The number of halogens is 8. The Morgan fingerprint density at radius 2 is 0.720 bits per heavy atom. The van der Waals surface area contributed by atoms with Gasteiger partial charge in [0.1, 0.15) is 21.2 Å². The molecule has 0 atom stereocenters. The van der Waals surface area contributed by atoms with E-state index in [4.69, 9.17) is 11.5 Å². The maximum absolute atomic E-state index is 13.5. The van der Waals surface area contributed by atoms with E-state index in [0.29, 0.717) is 0 Å². The SMILES string of the molecule is Nc1c(F)c(F)c(SOSc2c(F)c(F)c(N)c(F)c2F)c(F)c1F. The molecule has 0 amide bonds. The van der Waals surface area contributed by atoms with Crippen LogP contribution in [-0.2, 0) is 3.63 Å². The van der Waals surface area contributed by atoms with Crippen molar-refractivity contribution in [2.75, 3.05) is 11.5 Å². The van der Waals surface area contributed by atoms with Crippen molar-refractivity contribution >= 4 is 35.5 Å². The van der Waals surface area contributed by atoms with Gasteiger partial charge in [-0.1, -0.05) is 0 Å². The Balaban J connectivity index is 2.29. The van der Waals surface area contributed by atoms with Gasteiger partial charge >= 0.3 is 0 Å². The highest BCUT2D eigenvalue weighted by Gasteiger charge is 2.27. The van der Waals surface area contributed by atoms with Crippen LogP contribution >= 0.6 is 24.1 Å². The number of hydrogen-bond acceptors (Lipinski definition) is 5. The normalized spacial score (nSPS) is 11.2. The van der Waals surface area contributed by atoms with Gasteiger partial charge < -0.3 is 11.5 Å². The lowest BCUT2D eigenvalue weighted by molar-refractivity contribution is 0.426. The first-order valence-corrected chi connectivity index (χ1v) is 7.31. The van der Waals surface area contributed by atoms with Gasteiger partial charge in [0, 0.05) is 0 Å². The van der Waals surface area contributed by atoms with Crippen molar-refractivity contribution in [3.63, 3.8) is 0 Å². The van der Waals surface area contributed by atoms with Crippen LogP contribution in [0.25, 0.3) is 0 Å². The fraction of sp³-hybridized carbons (Fsp3) is 0. The lowest BCUT2D eigenvalue weighted by Gasteiger charge is -2.10. The van der Waals surface area contributed by atoms with Crippen LogP contribution in [0.3, 0.4) is 0 Å². The Morgan fingerprint density at radius 1 is 0.480 bits per heavy atom. The van der Waals surface area contributed by atoms with E-state index in [9.17, 15) is 35.1 Å². The average molecular weight is 408 g/mol. The van der Waals surface area contributed by atoms with Gasteiger partial charge in [-0.05, 0) is 0 Å². The molecule has 0 saturated carbocycles. The molecule has 25 heavy (non-hydrogen) atoms. The molecule has 0 aliphatic carbocycles. The summed E-state index contributed by atoms with van der Waals surface area (Å²) in [6.07, 6.45) is 0. The molecule has 0 aliphatic heterocycles. The molecule has 2 aromatic carbocycles. The number of anilines is 2. The summed E-state index contributed by atoms with van der Waals surface area (Å²) in [4.78, 5) is -2.73. The molecule has 13 heteroatoms. The third kappa shape index (κ3) is 3.30. The molecular weight excluding hydrogens is 404 g/mol. The second-order valence-corrected chi connectivity index (χ2v) is 5.93. The number of nitrogen functional groups attached to an aromatic ring is 2. The molecule has 0 saturated heterocycles. The molecule has 0 heterocycles. The van der Waals surface area contributed by atoms with E-state index in [2.05, 4.69) is 3.63 Å². The number of hydrogen-bond donors (Lipinski definition) is 2. The average Bonchev–Trinajstić information content (AvgIpc) is 2.60. The molecule has 0 radical (unpaired) electrons. The molecule has 0 unspecified atom stereocenters. The highest BCUT2D eigenvalue weighted by atomic mass is 32.2. The van der Waals surface area contributed by atoms with Crippen molar-refractivity contribution in [1.82, 2.24) is 0 Å². The summed E-state index contributed by atoms with van der Waals surface area (Å²) < 4.78 is 111. The van der Waals surface area contributed by atoms with Crippen molar-refractivity contribution < 1.29 is 38.8 Å². The first kappa shape index (κ1) is 19.5. The Hall–Kier alpha value is -1.86. The molecule has 136 valence electrons. The van der Waals surface area contributed by atoms with Crippen LogP contribution in [0, 0.1) is 46.5 Å². The van der Waals surface area contributed by atoms with Crippen LogP contribution < -0.4 is 11.5 Å². The Labute approximate surface area is 142 Å². The summed E-state index contributed by atoms with van der Waals surface area (Å²) in [7, 11) is 0. The number of nitrogens with two attached hydrogens (primary N) is 2. The van der Waals surface area contributed by atoms with Gasteiger partial charge in [0.15, 0.2) is 46.5 Å². The van der Waals surface area contributed by atoms with E-state index in [1.807, 2.05) is 0 Å². The van der Waals surface area contributed by atoms with Gasteiger partial charge in [-0.3, -0.25) is 0 Å². The van der Waals surface area contributed by atoms with Crippen molar-refractivity contribution in [1.29, 1.82) is 0 Å². The van der Waals surface area contributed by atoms with Gasteiger partial charge in [0.25, 0.3) is 0 Å². The van der Waals surface area contributed by atoms with E-state index in [0.717, 1.165) is 0 Å². The first-order chi connectivity index (χ1) is 11.6. The van der Waals surface area contributed by atoms with Gasteiger partial charge in [-0.2, -0.15) is 0 Å². The molecular formula is C12H4F8N2OS2. The van der Waals surface area contributed by atoms with E-state index >= 15 is 0 Å². The van der Waals surface area contributed by atoms with Crippen molar-refractivity contribution in [2.45, 2.75) is 9.79 Å². The molecule has 0 bridgehead atoms. The van der Waals surface area contributed by atoms with Crippen LogP contribution in [0.1, 0.15) is 0 Å². The summed E-state index contributed by atoms with van der Waals surface area (Å²) >= 11 is -0.786. The van der Waals surface area contributed by atoms with E-state index < -0.39 is 91.8 Å². The topological polar surface area (TPSA) is 61.3 Å². The minimum absolute atomic E-state index is 0.393. The van der Waals surface area contributed by atoms with Gasteiger partial charge in [0.2, 0.25) is 0 Å². The lowest BCUT2D eigenvalue weighted by atomic mass is 10.2. The highest BCUT2D eigenvalue weighted by Crippen LogP contribution is 2.39. The van der Waals surface area contributed by atoms with Gasteiger partial charge in [-0.25, -0.2) is 38.8 Å². The predicted molar refractivity (Wildman–Crippen MR) is 74.2 cm³/mol. The first-order valence-electron chi connectivity index (χ1n) is 5.83. The molecule has 0 aromatic heterocycles. The van der Waals surface area contributed by atoms with E-state index in [-0.39, 0.29) is 0 Å². The van der Waals surface area contributed by atoms with Gasteiger partial charge in [0.05, 0.1) is 24.1 Å². The smallest absolute Gasteiger partial charge is 0.186 e. The second-order valence-electron chi connectivity index (χ2n) is 4.23. The standard InChI is InChI=1S/C12H4F8N2OS2/c13-1-5(17)11(6(18)2(14)9(1)21)24-23-25-12-7(19)3(15)10(22)4(16)8(12)20/h21-22H2. The summed E-state index contributed by atoms with van der Waals surface area (Å²) in [6.45, 7) is 0.